The molecule has 0 fully saturated rings. The van der Waals surface area contributed by atoms with Gasteiger partial charge in [0, 0.05) is 5.75 Å². The standard InChI is InChI=1S/C9H14N2O4S2/c1-2-15-8(14)5-7(17-9(10)11-5)6(13)4(12)3-16/h4,6,12-13,16H,2-3H2,1H3,(H2,10,11). The molecule has 17 heavy (non-hydrogen) atoms. The van der Waals surface area contributed by atoms with E-state index in [1.54, 1.807) is 6.92 Å². The molecular weight excluding hydrogens is 264 g/mol. The van der Waals surface area contributed by atoms with Crippen LogP contribution >= 0.6 is 24.0 Å². The molecule has 1 aromatic rings. The van der Waals surface area contributed by atoms with Gasteiger partial charge >= 0.3 is 5.97 Å². The summed E-state index contributed by atoms with van der Waals surface area (Å²) in [6.45, 7) is 1.85. The summed E-state index contributed by atoms with van der Waals surface area (Å²) in [6.07, 6.45) is -2.34. The molecule has 0 amide bonds. The molecule has 0 aromatic carbocycles. The first-order valence-corrected chi connectivity index (χ1v) is 6.36. The van der Waals surface area contributed by atoms with Crippen molar-refractivity contribution in [1.29, 1.82) is 0 Å². The third-order valence-electron chi connectivity index (χ3n) is 1.96. The number of aromatic nitrogens is 1. The molecule has 2 unspecified atom stereocenters. The molecule has 0 saturated carbocycles. The third kappa shape index (κ3) is 3.32. The lowest BCUT2D eigenvalue weighted by atomic mass is 10.1. The molecule has 6 nitrogen and oxygen atoms in total. The summed E-state index contributed by atoms with van der Waals surface area (Å²) in [7, 11) is 0. The normalized spacial score (nSPS) is 14.4. The Morgan fingerprint density at radius 1 is 1.65 bits per heavy atom. The van der Waals surface area contributed by atoms with E-state index in [4.69, 9.17) is 10.5 Å². The lowest BCUT2D eigenvalue weighted by Gasteiger charge is -2.14. The van der Waals surface area contributed by atoms with Gasteiger partial charge in [0.2, 0.25) is 0 Å². The maximum absolute atomic E-state index is 11.5. The van der Waals surface area contributed by atoms with Crippen molar-refractivity contribution in [2.24, 2.45) is 0 Å². The minimum Gasteiger partial charge on any atom is -0.461 e. The number of thiazole rings is 1. The van der Waals surface area contributed by atoms with Gasteiger partial charge in [-0.3, -0.25) is 0 Å². The third-order valence-corrected chi connectivity index (χ3v) is 3.29. The Bertz CT molecular complexity index is 396. The number of rotatable bonds is 5. The average molecular weight is 278 g/mol. The van der Waals surface area contributed by atoms with Crippen molar-refractivity contribution in [1.82, 2.24) is 4.98 Å². The summed E-state index contributed by atoms with van der Waals surface area (Å²) >= 11 is 4.81. The summed E-state index contributed by atoms with van der Waals surface area (Å²) in [5.74, 6) is -0.609. The largest absolute Gasteiger partial charge is 0.461 e. The first-order chi connectivity index (χ1) is 8.01. The highest BCUT2D eigenvalue weighted by Gasteiger charge is 2.27. The van der Waals surface area contributed by atoms with E-state index in [1.807, 2.05) is 0 Å². The first kappa shape index (κ1) is 14.2. The van der Waals surface area contributed by atoms with E-state index in [0.29, 0.717) is 0 Å². The number of aliphatic hydroxyl groups is 2. The smallest absolute Gasteiger partial charge is 0.358 e. The minimum absolute atomic E-state index is 0.0531. The van der Waals surface area contributed by atoms with Crippen molar-refractivity contribution < 1.29 is 19.7 Å². The van der Waals surface area contributed by atoms with Crippen molar-refractivity contribution >= 4 is 35.1 Å². The van der Waals surface area contributed by atoms with Crippen LogP contribution in [0.3, 0.4) is 0 Å². The van der Waals surface area contributed by atoms with Crippen LogP contribution in [0.15, 0.2) is 0 Å². The molecule has 4 N–H and O–H groups in total. The number of nitrogen functional groups attached to an aromatic ring is 1. The molecule has 8 heteroatoms. The van der Waals surface area contributed by atoms with Gasteiger partial charge in [-0.15, -0.1) is 0 Å². The SMILES string of the molecule is CCOC(=O)c1nc(N)sc1C(O)C(O)CS. The van der Waals surface area contributed by atoms with Crippen LogP contribution in [0.2, 0.25) is 0 Å². The number of ether oxygens (including phenoxy) is 1. The zero-order valence-corrected chi connectivity index (χ0v) is 10.9. The van der Waals surface area contributed by atoms with E-state index in [1.165, 1.54) is 0 Å². The zero-order chi connectivity index (χ0) is 13.0. The van der Waals surface area contributed by atoms with Gasteiger partial charge in [0.25, 0.3) is 0 Å². The van der Waals surface area contributed by atoms with Gasteiger partial charge in [0.05, 0.1) is 17.6 Å². The average Bonchev–Trinajstić information content (AvgIpc) is 2.69. The molecule has 1 rings (SSSR count). The Labute approximate surface area is 108 Å². The molecule has 0 aliphatic carbocycles. The summed E-state index contributed by atoms with van der Waals surface area (Å²) in [6, 6.07) is 0. The van der Waals surface area contributed by atoms with Crippen LogP contribution in [0.1, 0.15) is 28.4 Å². The van der Waals surface area contributed by atoms with E-state index < -0.39 is 18.2 Å². The topological polar surface area (TPSA) is 106 Å². The predicted molar refractivity (Wildman–Crippen MR) is 67.3 cm³/mol. The van der Waals surface area contributed by atoms with E-state index in [-0.39, 0.29) is 28.1 Å². The molecule has 0 radical (unpaired) electrons. The van der Waals surface area contributed by atoms with E-state index in [9.17, 15) is 15.0 Å². The van der Waals surface area contributed by atoms with Crippen LogP contribution in [-0.4, -0.2) is 39.6 Å². The maximum Gasteiger partial charge on any atom is 0.358 e. The Balaban J connectivity index is 3.02. The second kappa shape index (κ2) is 6.20. The number of esters is 1. The van der Waals surface area contributed by atoms with Crippen LogP contribution in [0.5, 0.6) is 0 Å². The van der Waals surface area contributed by atoms with Gasteiger partial charge < -0.3 is 20.7 Å². The Hall–Kier alpha value is -0.830. The van der Waals surface area contributed by atoms with Gasteiger partial charge in [-0.1, -0.05) is 11.3 Å². The lowest BCUT2D eigenvalue weighted by molar-refractivity contribution is 0.0329. The van der Waals surface area contributed by atoms with Crippen molar-refractivity contribution in [3.63, 3.8) is 0 Å². The number of carbonyl (C=O) groups excluding carboxylic acids is 1. The van der Waals surface area contributed by atoms with Crippen molar-refractivity contribution in [2.75, 3.05) is 18.1 Å². The number of nitrogens with zero attached hydrogens (tertiary/aromatic N) is 1. The maximum atomic E-state index is 11.5. The molecule has 0 spiro atoms. The zero-order valence-electron chi connectivity index (χ0n) is 9.16. The number of hydrogen-bond acceptors (Lipinski definition) is 8. The Morgan fingerprint density at radius 3 is 2.82 bits per heavy atom. The van der Waals surface area contributed by atoms with E-state index in [0.717, 1.165) is 11.3 Å². The highest BCUT2D eigenvalue weighted by molar-refractivity contribution is 7.80. The molecule has 0 aliphatic rings. The highest BCUT2D eigenvalue weighted by atomic mass is 32.1. The summed E-state index contributed by atoms with van der Waals surface area (Å²) < 4.78 is 4.78. The summed E-state index contributed by atoms with van der Waals surface area (Å²) in [5, 5.41) is 19.4. The monoisotopic (exact) mass is 278 g/mol. The quantitative estimate of drug-likeness (QED) is 0.454. The molecule has 2 atom stereocenters. The molecular formula is C9H14N2O4S2. The first-order valence-electron chi connectivity index (χ1n) is 4.91. The van der Waals surface area contributed by atoms with Crippen LogP contribution in [0, 0.1) is 0 Å². The second-order valence-corrected chi connectivity index (χ2v) is 4.61. The van der Waals surface area contributed by atoms with E-state index >= 15 is 0 Å². The van der Waals surface area contributed by atoms with Crippen molar-refractivity contribution in [3.8, 4) is 0 Å². The Kier molecular flexibility index (Phi) is 5.19. The lowest BCUT2D eigenvalue weighted by Crippen LogP contribution is -2.21. The number of hydrogen-bond donors (Lipinski definition) is 4. The predicted octanol–water partition coefficient (Wildman–Crippen LogP) is 0.226. The fraction of sp³-hybridized carbons (Fsp3) is 0.556. The fourth-order valence-electron chi connectivity index (χ4n) is 1.17. The van der Waals surface area contributed by atoms with Gasteiger partial charge in [-0.2, -0.15) is 12.6 Å². The number of carbonyl (C=O) groups is 1. The van der Waals surface area contributed by atoms with E-state index in [2.05, 4.69) is 17.6 Å². The number of aliphatic hydroxyl groups excluding tert-OH is 2. The van der Waals surface area contributed by atoms with Crippen LogP contribution < -0.4 is 5.73 Å². The molecule has 1 heterocycles. The van der Waals surface area contributed by atoms with Crippen LogP contribution in [0.25, 0.3) is 0 Å². The molecule has 0 aliphatic heterocycles. The molecule has 96 valence electrons. The van der Waals surface area contributed by atoms with Crippen LogP contribution in [-0.2, 0) is 4.74 Å². The fourth-order valence-corrected chi connectivity index (χ4v) is 2.24. The minimum atomic E-state index is -1.25. The second-order valence-electron chi connectivity index (χ2n) is 3.18. The van der Waals surface area contributed by atoms with Gasteiger partial charge in [-0.25, -0.2) is 9.78 Å². The summed E-state index contributed by atoms with van der Waals surface area (Å²) in [4.78, 5) is 15.5. The number of thiol groups is 1. The van der Waals surface area contributed by atoms with Crippen molar-refractivity contribution in [2.45, 2.75) is 19.1 Å². The molecule has 1 aromatic heterocycles. The summed E-state index contributed by atoms with van der Waals surface area (Å²) in [5.41, 5.74) is 5.43. The van der Waals surface area contributed by atoms with Crippen LogP contribution in [0.4, 0.5) is 5.13 Å². The molecule has 0 saturated heterocycles. The molecule has 0 bridgehead atoms. The Morgan fingerprint density at radius 2 is 2.29 bits per heavy atom. The van der Waals surface area contributed by atoms with Gasteiger partial charge in [0.1, 0.15) is 6.10 Å². The van der Waals surface area contributed by atoms with Crippen molar-refractivity contribution in [3.05, 3.63) is 10.6 Å². The number of anilines is 1. The van der Waals surface area contributed by atoms with Gasteiger partial charge in [0.15, 0.2) is 10.8 Å². The number of nitrogens with two attached hydrogens (primary N) is 1. The van der Waals surface area contributed by atoms with Gasteiger partial charge in [-0.05, 0) is 6.92 Å². The highest BCUT2D eigenvalue weighted by Crippen LogP contribution is 2.30.